The van der Waals surface area contributed by atoms with E-state index in [0.29, 0.717) is 33.3 Å². The minimum atomic E-state index is -0.456. The van der Waals surface area contributed by atoms with Crippen molar-refractivity contribution in [3.8, 4) is 0 Å². The van der Waals surface area contributed by atoms with Gasteiger partial charge in [0.2, 0.25) is 5.91 Å². The number of nitrogens with one attached hydrogen (secondary N) is 3. The fourth-order valence-corrected chi connectivity index (χ4v) is 5.84. The first-order valence-corrected chi connectivity index (χ1v) is 14.7. The molecule has 5 rings (SSSR count). The monoisotopic (exact) mass is 587 g/mol. The Labute approximate surface area is 248 Å². The molecule has 0 bridgehead atoms. The Morgan fingerprint density at radius 2 is 1.79 bits per heavy atom. The molecule has 218 valence electrons. The standard InChI is InChI=1S/C31H34FN7O2S/c1-5-26(40)34-21-11-9-20(10-12-21)30(41)36-23-8-6-7-22(17-23)35-29-27(32)31(42-24-13-15-38(4)16-14-24)37-28-25(19(2)3)18-33-39(28)29/h5-12,17-19,24,35H,1,13-16H2,2-4H3,(H,34,40)(H,36,41). The van der Waals surface area contributed by atoms with Crippen LogP contribution in [0.15, 0.2) is 72.4 Å². The van der Waals surface area contributed by atoms with Crippen LogP contribution in [0.4, 0.5) is 27.3 Å². The van der Waals surface area contributed by atoms with Crippen LogP contribution in [0.25, 0.3) is 5.65 Å². The molecule has 9 nitrogen and oxygen atoms in total. The average molecular weight is 588 g/mol. The van der Waals surface area contributed by atoms with Crippen LogP contribution < -0.4 is 16.0 Å². The van der Waals surface area contributed by atoms with Crippen molar-refractivity contribution in [2.24, 2.45) is 0 Å². The molecule has 2 aromatic carbocycles. The third-order valence-electron chi connectivity index (χ3n) is 7.14. The van der Waals surface area contributed by atoms with Gasteiger partial charge in [-0.3, -0.25) is 9.59 Å². The van der Waals surface area contributed by atoms with Gasteiger partial charge in [0, 0.05) is 33.4 Å². The van der Waals surface area contributed by atoms with Gasteiger partial charge in [-0.25, -0.2) is 4.98 Å². The van der Waals surface area contributed by atoms with Crippen molar-refractivity contribution >= 4 is 52.1 Å². The van der Waals surface area contributed by atoms with Crippen LogP contribution in [0.5, 0.6) is 0 Å². The molecule has 0 unspecified atom stereocenters. The van der Waals surface area contributed by atoms with Crippen LogP contribution >= 0.6 is 11.8 Å². The first-order chi connectivity index (χ1) is 20.2. The van der Waals surface area contributed by atoms with Crippen molar-refractivity contribution in [1.82, 2.24) is 19.5 Å². The number of hydrogen-bond donors (Lipinski definition) is 3. The van der Waals surface area contributed by atoms with E-state index in [0.717, 1.165) is 31.5 Å². The molecule has 0 radical (unpaired) electrons. The lowest BCUT2D eigenvalue weighted by Crippen LogP contribution is -2.31. The Morgan fingerprint density at radius 3 is 2.48 bits per heavy atom. The second-order valence-electron chi connectivity index (χ2n) is 10.6. The van der Waals surface area contributed by atoms with Crippen molar-refractivity contribution in [1.29, 1.82) is 0 Å². The number of aromatic nitrogens is 3. The summed E-state index contributed by atoms with van der Waals surface area (Å²) in [4.78, 5) is 31.4. The first-order valence-electron chi connectivity index (χ1n) is 13.9. The lowest BCUT2D eigenvalue weighted by molar-refractivity contribution is -0.111. The molecule has 0 spiro atoms. The number of thioether (sulfide) groups is 1. The number of likely N-dealkylation sites (tertiary alicyclic amines) is 1. The molecular weight excluding hydrogens is 553 g/mol. The maximum atomic E-state index is 16.1. The van der Waals surface area contributed by atoms with Crippen LogP contribution in [0.1, 0.15) is 48.5 Å². The van der Waals surface area contributed by atoms with Crippen molar-refractivity contribution in [2.45, 2.75) is 42.9 Å². The van der Waals surface area contributed by atoms with Crippen LogP contribution in [-0.4, -0.2) is 56.7 Å². The van der Waals surface area contributed by atoms with E-state index in [1.54, 1.807) is 54.7 Å². The normalized spacial score (nSPS) is 14.2. The molecule has 2 aromatic heterocycles. The minimum Gasteiger partial charge on any atom is -0.338 e. The summed E-state index contributed by atoms with van der Waals surface area (Å²) in [5.74, 6) is -0.745. The summed E-state index contributed by atoms with van der Waals surface area (Å²) in [6, 6.07) is 13.6. The van der Waals surface area contributed by atoms with Gasteiger partial charge in [0.25, 0.3) is 5.91 Å². The molecule has 2 amide bonds. The molecule has 1 aliphatic heterocycles. The first kappa shape index (κ1) is 29.3. The molecule has 0 saturated carbocycles. The van der Waals surface area contributed by atoms with Gasteiger partial charge >= 0.3 is 0 Å². The van der Waals surface area contributed by atoms with E-state index >= 15 is 4.39 Å². The van der Waals surface area contributed by atoms with Gasteiger partial charge in [0.1, 0.15) is 5.03 Å². The van der Waals surface area contributed by atoms with Gasteiger partial charge < -0.3 is 20.9 Å². The second-order valence-corrected chi connectivity index (χ2v) is 11.9. The van der Waals surface area contributed by atoms with Gasteiger partial charge in [-0.1, -0.05) is 38.3 Å². The van der Waals surface area contributed by atoms with Crippen molar-refractivity contribution in [2.75, 3.05) is 36.1 Å². The quantitative estimate of drug-likeness (QED) is 0.156. The van der Waals surface area contributed by atoms with E-state index in [-0.39, 0.29) is 28.8 Å². The molecule has 0 atom stereocenters. The number of carbonyl (C=O) groups excluding carboxylic acids is 2. The van der Waals surface area contributed by atoms with Gasteiger partial charge in [0.05, 0.1) is 6.20 Å². The number of halogens is 1. The smallest absolute Gasteiger partial charge is 0.255 e. The van der Waals surface area contributed by atoms with E-state index in [4.69, 9.17) is 4.98 Å². The van der Waals surface area contributed by atoms with Gasteiger partial charge in [0.15, 0.2) is 17.3 Å². The number of benzene rings is 2. The fraction of sp³-hybridized carbons (Fsp3) is 0.290. The lowest BCUT2D eigenvalue weighted by atomic mass is 10.1. The number of carbonyl (C=O) groups is 2. The third kappa shape index (κ3) is 6.63. The highest BCUT2D eigenvalue weighted by molar-refractivity contribution is 7.99. The molecule has 4 aromatic rings. The zero-order valence-corrected chi connectivity index (χ0v) is 24.7. The number of amides is 2. The Kier molecular flexibility index (Phi) is 8.89. The minimum absolute atomic E-state index is 0.167. The summed E-state index contributed by atoms with van der Waals surface area (Å²) in [6.07, 6.45) is 4.86. The number of fused-ring (bicyclic) bond motifs is 1. The highest BCUT2D eigenvalue weighted by Gasteiger charge is 2.25. The van der Waals surface area contributed by atoms with E-state index in [2.05, 4.69) is 53.4 Å². The zero-order chi connectivity index (χ0) is 29.8. The number of rotatable bonds is 9. The van der Waals surface area contributed by atoms with Gasteiger partial charge in [-0.2, -0.15) is 14.0 Å². The number of hydrogen-bond acceptors (Lipinski definition) is 7. The molecule has 11 heteroatoms. The molecule has 3 N–H and O–H groups in total. The van der Waals surface area contributed by atoms with Gasteiger partial charge in [-0.15, -0.1) is 0 Å². The SMILES string of the molecule is C=CC(=O)Nc1ccc(C(=O)Nc2cccc(Nc3c(F)c(SC4CCN(C)CC4)nc4c(C(C)C)cnn34)c2)cc1. The maximum absolute atomic E-state index is 16.1. The molecule has 1 fully saturated rings. The lowest BCUT2D eigenvalue weighted by Gasteiger charge is -2.28. The summed E-state index contributed by atoms with van der Waals surface area (Å²) >= 11 is 1.49. The van der Waals surface area contributed by atoms with E-state index in [1.807, 2.05) is 0 Å². The fourth-order valence-electron chi connectivity index (χ4n) is 4.74. The van der Waals surface area contributed by atoms with E-state index in [1.165, 1.54) is 22.4 Å². The Morgan fingerprint density at radius 1 is 1.07 bits per heavy atom. The van der Waals surface area contributed by atoms with Gasteiger partial charge in [-0.05, 0) is 87.4 Å². The highest BCUT2D eigenvalue weighted by atomic mass is 32.2. The summed E-state index contributed by atoms with van der Waals surface area (Å²) in [5, 5.41) is 13.8. The summed E-state index contributed by atoms with van der Waals surface area (Å²) < 4.78 is 17.6. The molecule has 1 saturated heterocycles. The molecule has 3 heterocycles. The second kappa shape index (κ2) is 12.7. The number of anilines is 4. The maximum Gasteiger partial charge on any atom is 0.255 e. The van der Waals surface area contributed by atoms with Crippen molar-refractivity contribution < 1.29 is 14.0 Å². The predicted octanol–water partition coefficient (Wildman–Crippen LogP) is 6.30. The average Bonchev–Trinajstić information content (AvgIpc) is 3.41. The van der Waals surface area contributed by atoms with Crippen LogP contribution in [0.3, 0.4) is 0 Å². The van der Waals surface area contributed by atoms with Crippen molar-refractivity contribution in [3.63, 3.8) is 0 Å². The number of nitrogens with zero attached hydrogens (tertiary/aromatic N) is 4. The number of piperidine rings is 1. The van der Waals surface area contributed by atoms with Crippen molar-refractivity contribution in [3.05, 3.63) is 84.3 Å². The topological polar surface area (TPSA) is 104 Å². The highest BCUT2D eigenvalue weighted by Crippen LogP contribution is 2.36. The molecule has 0 aliphatic carbocycles. The van der Waals surface area contributed by atoms with E-state index in [9.17, 15) is 9.59 Å². The van der Waals surface area contributed by atoms with Crippen LogP contribution in [-0.2, 0) is 4.79 Å². The van der Waals surface area contributed by atoms with E-state index < -0.39 is 5.82 Å². The third-order valence-corrected chi connectivity index (χ3v) is 8.43. The largest absolute Gasteiger partial charge is 0.338 e. The predicted molar refractivity (Wildman–Crippen MR) is 166 cm³/mol. The Bertz CT molecular complexity index is 1610. The molecular formula is C31H34FN7O2S. The summed E-state index contributed by atoms with van der Waals surface area (Å²) in [7, 11) is 2.10. The Balaban J connectivity index is 1.38. The van der Waals surface area contributed by atoms with Crippen LogP contribution in [0, 0.1) is 5.82 Å². The van der Waals surface area contributed by atoms with Crippen LogP contribution in [0.2, 0.25) is 0 Å². The zero-order valence-electron chi connectivity index (χ0n) is 23.9. The summed E-state index contributed by atoms with van der Waals surface area (Å²) in [5.41, 5.74) is 3.66. The Hall–Kier alpha value is -4.22. The molecule has 42 heavy (non-hydrogen) atoms. The molecule has 1 aliphatic rings. The summed E-state index contributed by atoms with van der Waals surface area (Å²) in [6.45, 7) is 9.51.